The predicted molar refractivity (Wildman–Crippen MR) is 64.0 cm³/mol. The number of hydrazine groups is 1. The summed E-state index contributed by atoms with van der Waals surface area (Å²) in [4.78, 5) is 34.6. The molecule has 3 amide bonds. The Labute approximate surface area is 108 Å². The van der Waals surface area contributed by atoms with Crippen LogP contribution in [0.25, 0.3) is 0 Å². The summed E-state index contributed by atoms with van der Waals surface area (Å²) in [5, 5.41) is 8.57. The SMILES string of the molecule is NC(=O)c1cccnc1.NN.O=C1CCC(=O)N1O. The van der Waals surface area contributed by atoms with E-state index in [1.165, 1.54) is 6.20 Å². The van der Waals surface area contributed by atoms with E-state index in [0.29, 0.717) is 5.56 Å². The third-order valence-corrected chi connectivity index (χ3v) is 1.97. The second-order valence-corrected chi connectivity index (χ2v) is 3.21. The van der Waals surface area contributed by atoms with Crippen LogP contribution >= 0.6 is 0 Å². The number of nitrogens with two attached hydrogens (primary N) is 3. The second-order valence-electron chi connectivity index (χ2n) is 3.21. The van der Waals surface area contributed by atoms with Gasteiger partial charge in [0.1, 0.15) is 0 Å². The smallest absolute Gasteiger partial charge is 0.253 e. The van der Waals surface area contributed by atoms with Gasteiger partial charge >= 0.3 is 0 Å². The number of carbonyl (C=O) groups is 3. The van der Waals surface area contributed by atoms with Gasteiger partial charge in [0, 0.05) is 25.2 Å². The second kappa shape index (κ2) is 8.69. The van der Waals surface area contributed by atoms with E-state index >= 15 is 0 Å². The Balaban J connectivity index is 0.000000303. The van der Waals surface area contributed by atoms with E-state index in [1.54, 1.807) is 18.3 Å². The van der Waals surface area contributed by atoms with E-state index in [2.05, 4.69) is 16.7 Å². The number of hydroxylamine groups is 2. The molecule has 1 aliphatic heterocycles. The fourth-order valence-electron chi connectivity index (χ4n) is 1.07. The quantitative estimate of drug-likeness (QED) is 0.209. The van der Waals surface area contributed by atoms with Crippen LogP contribution < -0.4 is 17.4 Å². The molecule has 0 spiro atoms. The maximum absolute atomic E-state index is 10.4. The summed E-state index contributed by atoms with van der Waals surface area (Å²) >= 11 is 0. The highest BCUT2D eigenvalue weighted by atomic mass is 16.5. The molecule has 19 heavy (non-hydrogen) atoms. The molecule has 2 heterocycles. The molecule has 1 aliphatic rings. The largest absolute Gasteiger partial charge is 0.366 e. The van der Waals surface area contributed by atoms with Crippen LogP contribution in [-0.4, -0.2) is 33.0 Å². The van der Waals surface area contributed by atoms with Crippen LogP contribution in [0.1, 0.15) is 23.2 Å². The number of pyridine rings is 1. The van der Waals surface area contributed by atoms with Gasteiger partial charge in [-0.25, -0.2) is 0 Å². The Morgan fingerprint density at radius 3 is 2.00 bits per heavy atom. The van der Waals surface area contributed by atoms with Gasteiger partial charge in [-0.15, -0.1) is 0 Å². The summed E-state index contributed by atoms with van der Waals surface area (Å²) in [6.07, 6.45) is 3.32. The fourth-order valence-corrected chi connectivity index (χ4v) is 1.07. The van der Waals surface area contributed by atoms with Crippen molar-refractivity contribution in [2.24, 2.45) is 17.4 Å². The molecule has 1 saturated heterocycles. The van der Waals surface area contributed by atoms with Crippen LogP contribution in [0, 0.1) is 0 Å². The Hall–Kier alpha value is -2.36. The Kier molecular flexibility index (Phi) is 7.61. The summed E-state index contributed by atoms with van der Waals surface area (Å²) in [5.41, 5.74) is 5.38. The lowest BCUT2D eigenvalue weighted by atomic mass is 10.3. The van der Waals surface area contributed by atoms with Crippen LogP contribution in [-0.2, 0) is 9.59 Å². The minimum atomic E-state index is -0.505. The molecule has 1 aromatic rings. The first-order valence-corrected chi connectivity index (χ1v) is 5.10. The third kappa shape index (κ3) is 5.68. The average Bonchev–Trinajstić information content (AvgIpc) is 2.74. The number of hydrogen-bond donors (Lipinski definition) is 4. The van der Waals surface area contributed by atoms with Crippen molar-refractivity contribution in [1.29, 1.82) is 0 Å². The van der Waals surface area contributed by atoms with Gasteiger partial charge in [-0.3, -0.25) is 36.3 Å². The molecule has 9 heteroatoms. The molecule has 0 radical (unpaired) electrons. The van der Waals surface area contributed by atoms with Crippen molar-refractivity contribution in [1.82, 2.24) is 10.0 Å². The summed E-state index contributed by atoms with van der Waals surface area (Å²) in [5.74, 6) is 6.55. The van der Waals surface area contributed by atoms with Crippen LogP contribution in [0.15, 0.2) is 24.5 Å². The highest BCUT2D eigenvalue weighted by Crippen LogP contribution is 2.07. The van der Waals surface area contributed by atoms with Gasteiger partial charge < -0.3 is 5.73 Å². The number of nitrogens with zero attached hydrogens (tertiary/aromatic N) is 2. The first-order valence-electron chi connectivity index (χ1n) is 5.10. The third-order valence-electron chi connectivity index (χ3n) is 1.97. The van der Waals surface area contributed by atoms with Gasteiger partial charge in [0.2, 0.25) is 5.91 Å². The number of carbonyl (C=O) groups excluding carboxylic acids is 3. The first-order chi connectivity index (χ1) is 9.02. The Morgan fingerprint density at radius 1 is 1.26 bits per heavy atom. The molecular weight excluding hydrogens is 254 g/mol. The summed E-state index contributed by atoms with van der Waals surface area (Å²) < 4.78 is 0. The lowest BCUT2D eigenvalue weighted by Gasteiger charge is -1.98. The number of rotatable bonds is 1. The van der Waals surface area contributed by atoms with Crippen LogP contribution in [0.2, 0.25) is 0 Å². The molecule has 1 aromatic heterocycles. The molecular formula is C10H15N5O4. The molecule has 0 aliphatic carbocycles. The molecule has 104 valence electrons. The van der Waals surface area contributed by atoms with Crippen molar-refractivity contribution < 1.29 is 19.6 Å². The normalized spacial score (nSPS) is 13.1. The van der Waals surface area contributed by atoms with Gasteiger partial charge in [-0.2, -0.15) is 5.06 Å². The van der Waals surface area contributed by atoms with Crippen molar-refractivity contribution in [3.8, 4) is 0 Å². The lowest BCUT2D eigenvalue weighted by Crippen LogP contribution is -2.24. The lowest BCUT2D eigenvalue weighted by molar-refractivity contribution is -0.171. The number of primary amides is 1. The van der Waals surface area contributed by atoms with E-state index in [0.717, 1.165) is 0 Å². The minimum Gasteiger partial charge on any atom is -0.366 e. The van der Waals surface area contributed by atoms with Crippen molar-refractivity contribution in [3.05, 3.63) is 30.1 Å². The molecule has 1 fully saturated rings. The highest BCUT2D eigenvalue weighted by Gasteiger charge is 2.26. The van der Waals surface area contributed by atoms with E-state index in [9.17, 15) is 14.4 Å². The van der Waals surface area contributed by atoms with Gasteiger partial charge in [-0.1, -0.05) is 0 Å². The molecule has 0 aromatic carbocycles. The molecule has 0 saturated carbocycles. The topological polar surface area (TPSA) is 166 Å². The summed E-state index contributed by atoms with van der Waals surface area (Å²) in [6, 6.07) is 3.29. The van der Waals surface area contributed by atoms with Crippen molar-refractivity contribution in [2.45, 2.75) is 12.8 Å². The average molecular weight is 269 g/mol. The van der Waals surface area contributed by atoms with Crippen molar-refractivity contribution in [3.63, 3.8) is 0 Å². The molecule has 7 N–H and O–H groups in total. The van der Waals surface area contributed by atoms with E-state index in [4.69, 9.17) is 10.9 Å². The molecule has 2 rings (SSSR count). The predicted octanol–water partition coefficient (Wildman–Crippen LogP) is -1.48. The monoisotopic (exact) mass is 269 g/mol. The molecule has 0 atom stereocenters. The number of hydrogen-bond acceptors (Lipinski definition) is 7. The van der Waals surface area contributed by atoms with Crippen LogP contribution in [0.3, 0.4) is 0 Å². The van der Waals surface area contributed by atoms with Crippen molar-refractivity contribution >= 4 is 17.7 Å². The minimum absolute atomic E-state index is 0.148. The fraction of sp³-hybridized carbons (Fsp3) is 0.200. The Bertz CT molecular complexity index is 421. The van der Waals surface area contributed by atoms with Gasteiger partial charge in [-0.05, 0) is 12.1 Å². The number of amides is 3. The Morgan fingerprint density at radius 2 is 1.79 bits per heavy atom. The van der Waals surface area contributed by atoms with Crippen LogP contribution in [0.4, 0.5) is 0 Å². The first kappa shape index (κ1) is 16.6. The number of aromatic nitrogens is 1. The highest BCUT2D eigenvalue weighted by molar-refractivity contribution is 6.00. The zero-order chi connectivity index (χ0) is 14.8. The van der Waals surface area contributed by atoms with Gasteiger partial charge in [0.25, 0.3) is 11.8 Å². The zero-order valence-electron chi connectivity index (χ0n) is 10.0. The van der Waals surface area contributed by atoms with Crippen molar-refractivity contribution in [2.75, 3.05) is 0 Å². The van der Waals surface area contributed by atoms with Gasteiger partial charge in [0.15, 0.2) is 0 Å². The standard InChI is InChI=1S/C6H6N2O.C4H5NO3.H4N2/c7-6(9)5-2-1-3-8-4-5;6-3-1-2-4(7)5(3)8;1-2/h1-4H,(H2,7,9);8H,1-2H2;1-2H2. The molecule has 9 nitrogen and oxygen atoms in total. The molecule has 0 bridgehead atoms. The molecule has 0 unspecified atom stereocenters. The summed E-state index contributed by atoms with van der Waals surface area (Å²) in [7, 11) is 0. The van der Waals surface area contributed by atoms with E-state index < -0.39 is 17.7 Å². The van der Waals surface area contributed by atoms with E-state index in [-0.39, 0.29) is 17.9 Å². The van der Waals surface area contributed by atoms with Crippen LogP contribution in [0.5, 0.6) is 0 Å². The maximum Gasteiger partial charge on any atom is 0.253 e. The van der Waals surface area contributed by atoms with E-state index in [1.807, 2.05) is 0 Å². The zero-order valence-corrected chi connectivity index (χ0v) is 10.0. The van der Waals surface area contributed by atoms with Gasteiger partial charge in [0.05, 0.1) is 5.56 Å². The number of imide groups is 1. The maximum atomic E-state index is 10.4. The summed E-state index contributed by atoms with van der Waals surface area (Å²) in [6.45, 7) is 0.